The summed E-state index contributed by atoms with van der Waals surface area (Å²) in [6.45, 7) is 0. The van der Waals surface area contributed by atoms with Gasteiger partial charge in [-0.2, -0.15) is 0 Å². The minimum absolute atomic E-state index is 0.00766. The van der Waals surface area contributed by atoms with Gasteiger partial charge in [0.15, 0.2) is 0 Å². The Bertz CT molecular complexity index is 673. The van der Waals surface area contributed by atoms with Crippen molar-refractivity contribution in [1.29, 1.82) is 0 Å². The van der Waals surface area contributed by atoms with Gasteiger partial charge in [0.25, 0.3) is 11.6 Å². The number of aromatic hydroxyl groups is 1. The highest BCUT2D eigenvalue weighted by Gasteiger charge is 2.13. The fraction of sp³-hybridized carbons (Fsp3) is 0. The van der Waals surface area contributed by atoms with E-state index < -0.39 is 22.4 Å². The van der Waals surface area contributed by atoms with Gasteiger partial charge >= 0.3 is 0 Å². The first kappa shape index (κ1) is 13.4. The number of rotatable bonds is 3. The lowest BCUT2D eigenvalue weighted by Gasteiger charge is -2.06. The summed E-state index contributed by atoms with van der Waals surface area (Å²) in [6.07, 6.45) is 0.880. The number of pyridine rings is 1. The van der Waals surface area contributed by atoms with E-state index in [1.54, 1.807) is 0 Å². The average molecular weight is 277 g/mol. The first-order valence-electron chi connectivity index (χ1n) is 5.37. The Balaban J connectivity index is 2.19. The summed E-state index contributed by atoms with van der Waals surface area (Å²) < 4.78 is 12.7. The van der Waals surface area contributed by atoms with Crippen molar-refractivity contribution in [3.63, 3.8) is 0 Å². The predicted octanol–water partition coefficient (Wildman–Crippen LogP) is 2.09. The lowest BCUT2D eigenvalue weighted by atomic mass is 10.2. The van der Waals surface area contributed by atoms with Gasteiger partial charge in [0, 0.05) is 6.07 Å². The van der Waals surface area contributed by atoms with Crippen molar-refractivity contribution in [2.24, 2.45) is 0 Å². The van der Waals surface area contributed by atoms with Gasteiger partial charge in [0.1, 0.15) is 17.3 Å². The number of non-ortho nitro benzene ring substituents is 1. The Hall–Kier alpha value is -3.03. The summed E-state index contributed by atoms with van der Waals surface area (Å²) in [4.78, 5) is 25.2. The van der Waals surface area contributed by atoms with Crippen LogP contribution in [0.5, 0.6) is 5.75 Å². The third-order valence-corrected chi connectivity index (χ3v) is 2.40. The van der Waals surface area contributed by atoms with Gasteiger partial charge in [-0.15, -0.1) is 0 Å². The van der Waals surface area contributed by atoms with Gasteiger partial charge in [-0.1, -0.05) is 0 Å². The summed E-state index contributed by atoms with van der Waals surface area (Å²) >= 11 is 0. The zero-order chi connectivity index (χ0) is 14.7. The highest BCUT2D eigenvalue weighted by atomic mass is 19.1. The van der Waals surface area contributed by atoms with Crippen LogP contribution in [-0.2, 0) is 0 Å². The van der Waals surface area contributed by atoms with E-state index in [-0.39, 0.29) is 17.1 Å². The van der Waals surface area contributed by atoms with Gasteiger partial charge in [-0.05, 0) is 18.2 Å². The quantitative estimate of drug-likeness (QED) is 0.507. The largest absolute Gasteiger partial charge is 0.506 e. The maximum absolute atomic E-state index is 12.7. The Morgan fingerprint density at radius 3 is 2.65 bits per heavy atom. The molecule has 102 valence electrons. The summed E-state index contributed by atoms with van der Waals surface area (Å²) in [5, 5.41) is 22.4. The monoisotopic (exact) mass is 277 g/mol. The maximum Gasteiger partial charge on any atom is 0.274 e. The van der Waals surface area contributed by atoms with Crippen LogP contribution in [0.15, 0.2) is 36.5 Å². The van der Waals surface area contributed by atoms with Crippen LogP contribution in [0.1, 0.15) is 10.5 Å². The van der Waals surface area contributed by atoms with Gasteiger partial charge in [-0.25, -0.2) is 9.37 Å². The van der Waals surface area contributed by atoms with E-state index >= 15 is 0 Å². The number of anilines is 1. The van der Waals surface area contributed by atoms with Gasteiger partial charge < -0.3 is 10.4 Å². The molecule has 2 rings (SSSR count). The molecule has 1 aromatic heterocycles. The zero-order valence-electron chi connectivity index (χ0n) is 9.91. The number of benzene rings is 1. The van der Waals surface area contributed by atoms with Gasteiger partial charge in [0.2, 0.25) is 0 Å². The van der Waals surface area contributed by atoms with Gasteiger partial charge in [-0.3, -0.25) is 14.9 Å². The molecule has 20 heavy (non-hydrogen) atoms. The first-order chi connectivity index (χ1) is 9.47. The summed E-state index contributed by atoms with van der Waals surface area (Å²) in [5.41, 5.74) is -0.365. The Labute approximate surface area is 111 Å². The van der Waals surface area contributed by atoms with Crippen LogP contribution in [0.25, 0.3) is 0 Å². The molecule has 0 saturated heterocycles. The van der Waals surface area contributed by atoms with Crippen molar-refractivity contribution in [2.75, 3.05) is 5.32 Å². The second-order valence-corrected chi connectivity index (χ2v) is 3.77. The third kappa shape index (κ3) is 2.86. The lowest BCUT2D eigenvalue weighted by molar-refractivity contribution is -0.384. The molecule has 0 aliphatic rings. The molecular formula is C12H8FN3O4. The zero-order valence-corrected chi connectivity index (χ0v) is 9.91. The minimum atomic E-state index is -0.674. The highest BCUT2D eigenvalue weighted by Crippen LogP contribution is 2.28. The molecule has 2 N–H and O–H groups in total. The van der Waals surface area contributed by atoms with Crippen LogP contribution in [0.3, 0.4) is 0 Å². The fourth-order valence-electron chi connectivity index (χ4n) is 1.44. The summed E-state index contributed by atoms with van der Waals surface area (Å²) in [6, 6.07) is 5.47. The molecule has 2 aromatic rings. The molecule has 0 aliphatic carbocycles. The Morgan fingerprint density at radius 2 is 2.10 bits per heavy atom. The van der Waals surface area contributed by atoms with Crippen LogP contribution >= 0.6 is 0 Å². The number of nitro groups is 1. The number of nitro benzene ring substituents is 1. The molecule has 7 nitrogen and oxygen atoms in total. The molecule has 0 saturated carbocycles. The van der Waals surface area contributed by atoms with E-state index in [4.69, 9.17) is 0 Å². The van der Waals surface area contributed by atoms with Crippen molar-refractivity contribution < 1.29 is 19.2 Å². The number of hydrogen-bond donors (Lipinski definition) is 2. The molecule has 0 aliphatic heterocycles. The molecule has 8 heteroatoms. The van der Waals surface area contributed by atoms with Crippen molar-refractivity contribution in [3.8, 4) is 5.75 Å². The topological polar surface area (TPSA) is 105 Å². The number of nitrogens with one attached hydrogen (secondary N) is 1. The second kappa shape index (κ2) is 5.31. The number of hydrogen-bond acceptors (Lipinski definition) is 5. The van der Waals surface area contributed by atoms with Crippen molar-refractivity contribution in [2.45, 2.75) is 0 Å². The third-order valence-electron chi connectivity index (χ3n) is 2.40. The van der Waals surface area contributed by atoms with Gasteiger partial charge in [0.05, 0.1) is 22.9 Å². The van der Waals surface area contributed by atoms with E-state index in [1.807, 2.05) is 0 Å². The average Bonchev–Trinajstić information content (AvgIpc) is 2.41. The molecular weight excluding hydrogens is 269 g/mol. The highest BCUT2D eigenvalue weighted by molar-refractivity contribution is 6.03. The molecule has 1 aromatic carbocycles. The number of halogens is 1. The SMILES string of the molecule is O=C(Nc1ccc([N+](=O)[O-])cc1O)c1ccc(F)cn1. The number of phenols is 1. The van der Waals surface area contributed by atoms with Crippen LogP contribution < -0.4 is 5.32 Å². The van der Waals surface area contributed by atoms with Crippen molar-refractivity contribution in [3.05, 3.63) is 58.2 Å². The number of carbonyl (C=O) groups excluding carboxylic acids is 1. The number of nitrogens with zero attached hydrogens (tertiary/aromatic N) is 2. The number of phenolic OH excluding ortho intramolecular Hbond substituents is 1. The first-order valence-corrected chi connectivity index (χ1v) is 5.37. The van der Waals surface area contributed by atoms with Crippen molar-refractivity contribution >= 4 is 17.3 Å². The number of amides is 1. The molecule has 0 unspecified atom stereocenters. The van der Waals surface area contributed by atoms with E-state index in [0.29, 0.717) is 0 Å². The van der Waals surface area contributed by atoms with Crippen LogP contribution in [0, 0.1) is 15.9 Å². The van der Waals surface area contributed by atoms with Crippen LogP contribution in [0.4, 0.5) is 15.8 Å². The smallest absolute Gasteiger partial charge is 0.274 e. The molecule has 0 spiro atoms. The summed E-state index contributed by atoms with van der Waals surface area (Å²) in [7, 11) is 0. The van der Waals surface area contributed by atoms with E-state index in [2.05, 4.69) is 10.3 Å². The predicted molar refractivity (Wildman–Crippen MR) is 66.9 cm³/mol. The maximum atomic E-state index is 12.7. The number of aromatic nitrogens is 1. The molecule has 0 bridgehead atoms. The van der Waals surface area contributed by atoms with E-state index in [1.165, 1.54) is 12.1 Å². The van der Waals surface area contributed by atoms with Crippen molar-refractivity contribution in [1.82, 2.24) is 4.98 Å². The van der Waals surface area contributed by atoms with Crippen LogP contribution in [-0.4, -0.2) is 20.9 Å². The van der Waals surface area contributed by atoms with E-state index in [0.717, 1.165) is 24.4 Å². The lowest BCUT2D eigenvalue weighted by Crippen LogP contribution is -2.13. The van der Waals surface area contributed by atoms with E-state index in [9.17, 15) is 24.4 Å². The minimum Gasteiger partial charge on any atom is -0.506 e. The Kier molecular flexibility index (Phi) is 3.56. The second-order valence-electron chi connectivity index (χ2n) is 3.77. The summed E-state index contributed by atoms with van der Waals surface area (Å²) in [5.74, 6) is -1.71. The normalized spacial score (nSPS) is 10.1. The Morgan fingerprint density at radius 1 is 1.35 bits per heavy atom. The number of carbonyl (C=O) groups is 1. The molecule has 0 fully saturated rings. The molecule has 1 amide bonds. The molecule has 1 heterocycles. The standard InChI is InChI=1S/C12H8FN3O4/c13-7-1-3-10(14-6-7)12(18)15-9-4-2-8(16(19)20)5-11(9)17/h1-6,17H,(H,15,18). The van der Waals surface area contributed by atoms with Crippen LogP contribution in [0.2, 0.25) is 0 Å². The fourth-order valence-corrected chi connectivity index (χ4v) is 1.44. The molecule has 0 radical (unpaired) electrons. The molecule has 0 atom stereocenters.